The molecule has 0 saturated heterocycles. The highest BCUT2D eigenvalue weighted by Crippen LogP contribution is 2.15. The molecule has 0 unspecified atom stereocenters. The van der Waals surface area contributed by atoms with E-state index in [1.807, 2.05) is 0 Å². The van der Waals surface area contributed by atoms with Crippen molar-refractivity contribution in [2.45, 2.75) is 6.92 Å². The fourth-order valence-corrected chi connectivity index (χ4v) is 1.33. The SMILES string of the molecule is COc1cc(Cl)nc(NC(=O)c2n[nH]c(C)n2)n1. The molecule has 0 radical (unpaired) electrons. The zero-order valence-corrected chi connectivity index (χ0v) is 10.3. The highest BCUT2D eigenvalue weighted by Gasteiger charge is 2.13. The lowest BCUT2D eigenvalue weighted by Crippen LogP contribution is -2.16. The first-order chi connectivity index (χ1) is 8.58. The second-order valence-corrected chi connectivity index (χ2v) is 3.64. The maximum absolute atomic E-state index is 11.7. The Morgan fingerprint density at radius 3 is 2.83 bits per heavy atom. The van der Waals surface area contributed by atoms with Gasteiger partial charge in [0.15, 0.2) is 0 Å². The number of hydrogen-bond acceptors (Lipinski definition) is 6. The number of rotatable bonds is 3. The van der Waals surface area contributed by atoms with Crippen LogP contribution in [0.15, 0.2) is 6.07 Å². The average molecular weight is 269 g/mol. The van der Waals surface area contributed by atoms with E-state index < -0.39 is 5.91 Å². The molecule has 0 fully saturated rings. The Hall–Kier alpha value is -2.22. The maximum Gasteiger partial charge on any atom is 0.297 e. The third-order valence-electron chi connectivity index (χ3n) is 1.91. The van der Waals surface area contributed by atoms with Crippen LogP contribution in [0.5, 0.6) is 5.88 Å². The molecule has 2 aromatic heterocycles. The molecule has 0 aliphatic rings. The van der Waals surface area contributed by atoms with Crippen LogP contribution in [0.25, 0.3) is 0 Å². The van der Waals surface area contributed by atoms with Crippen molar-refractivity contribution in [1.29, 1.82) is 0 Å². The number of H-pyrrole nitrogens is 1. The monoisotopic (exact) mass is 268 g/mol. The number of aromatic amines is 1. The Bertz CT molecular complexity index is 584. The molecule has 94 valence electrons. The fraction of sp³-hybridized carbons (Fsp3) is 0.222. The van der Waals surface area contributed by atoms with E-state index in [0.29, 0.717) is 5.82 Å². The van der Waals surface area contributed by atoms with Crippen molar-refractivity contribution in [3.63, 3.8) is 0 Å². The van der Waals surface area contributed by atoms with E-state index >= 15 is 0 Å². The Morgan fingerprint density at radius 1 is 1.44 bits per heavy atom. The highest BCUT2D eigenvalue weighted by atomic mass is 35.5. The Labute approximate surface area is 107 Å². The van der Waals surface area contributed by atoms with Gasteiger partial charge < -0.3 is 4.74 Å². The number of carbonyl (C=O) groups excluding carboxylic acids is 1. The number of anilines is 1. The molecule has 0 aliphatic carbocycles. The third kappa shape index (κ3) is 2.72. The molecule has 2 N–H and O–H groups in total. The molecular formula is C9H9ClN6O2. The van der Waals surface area contributed by atoms with Crippen LogP contribution in [0.2, 0.25) is 5.15 Å². The zero-order chi connectivity index (χ0) is 13.1. The molecular weight excluding hydrogens is 260 g/mol. The van der Waals surface area contributed by atoms with Gasteiger partial charge in [0.25, 0.3) is 5.91 Å². The van der Waals surface area contributed by atoms with Gasteiger partial charge in [0.1, 0.15) is 11.0 Å². The van der Waals surface area contributed by atoms with Crippen molar-refractivity contribution < 1.29 is 9.53 Å². The van der Waals surface area contributed by atoms with E-state index in [-0.39, 0.29) is 22.8 Å². The number of ether oxygens (including phenoxy) is 1. The van der Waals surface area contributed by atoms with Crippen molar-refractivity contribution >= 4 is 23.5 Å². The van der Waals surface area contributed by atoms with E-state index in [2.05, 4.69) is 30.5 Å². The molecule has 2 rings (SSSR count). The topological polar surface area (TPSA) is 106 Å². The van der Waals surface area contributed by atoms with Crippen LogP contribution >= 0.6 is 11.6 Å². The van der Waals surface area contributed by atoms with Crippen LogP contribution in [0.4, 0.5) is 5.95 Å². The normalized spacial score (nSPS) is 10.2. The molecule has 9 heteroatoms. The summed E-state index contributed by atoms with van der Waals surface area (Å²) in [5, 5.41) is 8.84. The van der Waals surface area contributed by atoms with Crippen LogP contribution in [0, 0.1) is 6.92 Å². The lowest BCUT2D eigenvalue weighted by atomic mass is 10.5. The summed E-state index contributed by atoms with van der Waals surface area (Å²) in [7, 11) is 1.43. The van der Waals surface area contributed by atoms with Gasteiger partial charge in [-0.15, -0.1) is 5.10 Å². The molecule has 0 bridgehead atoms. The van der Waals surface area contributed by atoms with Crippen LogP contribution in [-0.2, 0) is 0 Å². The van der Waals surface area contributed by atoms with E-state index in [9.17, 15) is 4.79 Å². The molecule has 0 aromatic carbocycles. The largest absolute Gasteiger partial charge is 0.481 e. The van der Waals surface area contributed by atoms with Gasteiger partial charge in [-0.1, -0.05) is 11.6 Å². The maximum atomic E-state index is 11.7. The summed E-state index contributed by atoms with van der Waals surface area (Å²) >= 11 is 5.74. The van der Waals surface area contributed by atoms with Gasteiger partial charge in [0.05, 0.1) is 7.11 Å². The lowest BCUT2D eigenvalue weighted by molar-refractivity contribution is 0.101. The molecule has 0 saturated carbocycles. The fourth-order valence-electron chi connectivity index (χ4n) is 1.16. The Morgan fingerprint density at radius 2 is 2.22 bits per heavy atom. The summed E-state index contributed by atoms with van der Waals surface area (Å²) < 4.78 is 4.90. The molecule has 0 aliphatic heterocycles. The van der Waals surface area contributed by atoms with Gasteiger partial charge in [-0.3, -0.25) is 15.2 Å². The summed E-state index contributed by atoms with van der Waals surface area (Å²) in [5.74, 6) is 0.256. The molecule has 1 amide bonds. The van der Waals surface area contributed by atoms with Crippen LogP contribution < -0.4 is 10.1 Å². The van der Waals surface area contributed by atoms with E-state index in [0.717, 1.165) is 0 Å². The second-order valence-electron chi connectivity index (χ2n) is 3.26. The third-order valence-corrected chi connectivity index (χ3v) is 2.10. The van der Waals surface area contributed by atoms with Gasteiger partial charge in [0, 0.05) is 6.07 Å². The Balaban J connectivity index is 2.18. The minimum Gasteiger partial charge on any atom is -0.481 e. The van der Waals surface area contributed by atoms with Crippen LogP contribution in [0.3, 0.4) is 0 Å². The molecule has 18 heavy (non-hydrogen) atoms. The van der Waals surface area contributed by atoms with Crippen molar-refractivity contribution in [2.75, 3.05) is 12.4 Å². The minimum absolute atomic E-state index is 0.00459. The molecule has 8 nitrogen and oxygen atoms in total. The van der Waals surface area contributed by atoms with E-state index in [4.69, 9.17) is 16.3 Å². The quantitative estimate of drug-likeness (QED) is 0.798. The summed E-state index contributed by atoms with van der Waals surface area (Å²) in [6, 6.07) is 1.42. The summed E-state index contributed by atoms with van der Waals surface area (Å²) in [6.07, 6.45) is 0. The van der Waals surface area contributed by atoms with Gasteiger partial charge in [0.2, 0.25) is 17.7 Å². The van der Waals surface area contributed by atoms with Gasteiger partial charge >= 0.3 is 0 Å². The summed E-state index contributed by atoms with van der Waals surface area (Å²) in [6.45, 7) is 1.68. The minimum atomic E-state index is -0.538. The number of aryl methyl sites for hydroxylation is 1. The first kappa shape index (κ1) is 12.2. The van der Waals surface area contributed by atoms with Crippen LogP contribution in [-0.4, -0.2) is 38.2 Å². The van der Waals surface area contributed by atoms with Gasteiger partial charge in [-0.2, -0.15) is 4.98 Å². The van der Waals surface area contributed by atoms with E-state index in [1.165, 1.54) is 13.2 Å². The predicted octanol–water partition coefficient (Wildman–Crippen LogP) is 0.817. The summed E-state index contributed by atoms with van der Waals surface area (Å²) in [4.78, 5) is 23.3. The second kappa shape index (κ2) is 4.96. The van der Waals surface area contributed by atoms with Crippen molar-refractivity contribution in [1.82, 2.24) is 25.1 Å². The first-order valence-corrected chi connectivity index (χ1v) is 5.25. The van der Waals surface area contributed by atoms with Crippen molar-refractivity contribution in [2.24, 2.45) is 0 Å². The van der Waals surface area contributed by atoms with Crippen molar-refractivity contribution in [3.05, 3.63) is 22.9 Å². The first-order valence-electron chi connectivity index (χ1n) is 4.87. The van der Waals surface area contributed by atoms with Crippen molar-refractivity contribution in [3.8, 4) is 5.88 Å². The number of amides is 1. The Kier molecular flexibility index (Phi) is 3.38. The molecule has 2 aromatic rings. The van der Waals surface area contributed by atoms with E-state index in [1.54, 1.807) is 6.92 Å². The number of nitrogens with one attached hydrogen (secondary N) is 2. The molecule has 2 heterocycles. The smallest absolute Gasteiger partial charge is 0.297 e. The average Bonchev–Trinajstić information content (AvgIpc) is 2.75. The standard InChI is InChI=1S/C9H9ClN6O2/c1-4-11-7(16-15-4)8(17)14-9-12-5(10)3-6(13-9)18-2/h3H,1-2H3,(H,11,15,16)(H,12,13,14,17). The molecule has 0 atom stereocenters. The number of nitrogens with zero attached hydrogens (tertiary/aromatic N) is 4. The number of aromatic nitrogens is 5. The van der Waals surface area contributed by atoms with Crippen LogP contribution in [0.1, 0.15) is 16.4 Å². The number of halogens is 1. The number of hydrogen-bond donors (Lipinski definition) is 2. The highest BCUT2D eigenvalue weighted by molar-refractivity contribution is 6.29. The number of carbonyl (C=O) groups is 1. The zero-order valence-electron chi connectivity index (χ0n) is 9.56. The molecule has 0 spiro atoms. The van der Waals surface area contributed by atoms with Gasteiger partial charge in [-0.25, -0.2) is 9.97 Å². The predicted molar refractivity (Wildman–Crippen MR) is 62.7 cm³/mol. The van der Waals surface area contributed by atoms with Gasteiger partial charge in [-0.05, 0) is 6.92 Å². The number of methoxy groups -OCH3 is 1. The lowest BCUT2D eigenvalue weighted by Gasteiger charge is -2.03. The summed E-state index contributed by atoms with van der Waals surface area (Å²) in [5.41, 5.74) is 0.